The number of nitrogens with zero attached hydrogens (tertiary/aromatic N) is 2. The molecule has 1 atom stereocenters. The Kier molecular flexibility index (Phi) is 4.76. The number of carbonyl (C=O) groups is 2. The van der Waals surface area contributed by atoms with Crippen molar-refractivity contribution >= 4 is 11.9 Å². The quantitative estimate of drug-likeness (QED) is 0.808. The number of likely N-dealkylation sites (tertiary alicyclic amines) is 1. The largest absolute Gasteiger partial charge is 0.492 e. The van der Waals surface area contributed by atoms with Crippen LogP contribution in [0.25, 0.3) is 0 Å². The highest BCUT2D eigenvalue weighted by Crippen LogP contribution is 2.21. The van der Waals surface area contributed by atoms with E-state index in [4.69, 9.17) is 4.74 Å². The summed E-state index contributed by atoms with van der Waals surface area (Å²) in [6, 6.07) is 9.83. The summed E-state index contributed by atoms with van der Waals surface area (Å²) in [5.41, 5.74) is -0.794. The van der Waals surface area contributed by atoms with Crippen LogP contribution in [0.1, 0.15) is 26.7 Å². The van der Waals surface area contributed by atoms with Gasteiger partial charge in [-0.25, -0.2) is 4.79 Å². The zero-order valence-electron chi connectivity index (χ0n) is 14.3. The first-order valence-corrected chi connectivity index (χ1v) is 8.53. The Morgan fingerprint density at radius 1 is 1.21 bits per heavy atom. The van der Waals surface area contributed by atoms with Crippen LogP contribution in [0.15, 0.2) is 30.3 Å². The molecule has 130 valence electrons. The minimum absolute atomic E-state index is 0.149. The van der Waals surface area contributed by atoms with Crippen LogP contribution >= 0.6 is 0 Å². The fourth-order valence-electron chi connectivity index (χ4n) is 3.34. The summed E-state index contributed by atoms with van der Waals surface area (Å²) in [6.07, 6.45) is 2.20. The molecule has 24 heavy (non-hydrogen) atoms. The second-order valence-electron chi connectivity index (χ2n) is 6.97. The van der Waals surface area contributed by atoms with Gasteiger partial charge in [-0.15, -0.1) is 0 Å². The Morgan fingerprint density at radius 3 is 2.62 bits per heavy atom. The van der Waals surface area contributed by atoms with Gasteiger partial charge in [0.25, 0.3) is 5.91 Å². The van der Waals surface area contributed by atoms with Gasteiger partial charge in [0.1, 0.15) is 17.9 Å². The number of benzene rings is 1. The van der Waals surface area contributed by atoms with Gasteiger partial charge in [0, 0.05) is 19.1 Å². The predicted molar refractivity (Wildman–Crippen MR) is 90.9 cm³/mol. The number of nitrogens with one attached hydrogen (secondary N) is 1. The van der Waals surface area contributed by atoms with E-state index in [1.54, 1.807) is 13.8 Å². The SMILES string of the molecule is CC1(C)NC(=O)N(CCN2CCC[C@@H]2COc2ccccc2)C1=O. The summed E-state index contributed by atoms with van der Waals surface area (Å²) < 4.78 is 5.87. The number of hydrogen-bond acceptors (Lipinski definition) is 4. The van der Waals surface area contributed by atoms with E-state index in [-0.39, 0.29) is 11.9 Å². The van der Waals surface area contributed by atoms with Crippen molar-refractivity contribution in [3.05, 3.63) is 30.3 Å². The van der Waals surface area contributed by atoms with Crippen molar-refractivity contribution in [1.29, 1.82) is 0 Å². The van der Waals surface area contributed by atoms with Crippen LogP contribution in [0.2, 0.25) is 0 Å². The van der Waals surface area contributed by atoms with Crippen molar-refractivity contribution < 1.29 is 14.3 Å². The Labute approximate surface area is 142 Å². The molecule has 3 amide bonds. The molecule has 0 aliphatic carbocycles. The molecule has 2 saturated heterocycles. The second kappa shape index (κ2) is 6.81. The van der Waals surface area contributed by atoms with Crippen LogP contribution in [-0.2, 0) is 4.79 Å². The van der Waals surface area contributed by atoms with Gasteiger partial charge in [-0.05, 0) is 45.4 Å². The van der Waals surface area contributed by atoms with E-state index in [0.717, 1.165) is 25.1 Å². The molecule has 1 aromatic rings. The molecule has 0 radical (unpaired) electrons. The van der Waals surface area contributed by atoms with E-state index < -0.39 is 5.54 Å². The monoisotopic (exact) mass is 331 g/mol. The smallest absolute Gasteiger partial charge is 0.325 e. The molecule has 1 N–H and O–H groups in total. The zero-order chi connectivity index (χ0) is 17.2. The molecular weight excluding hydrogens is 306 g/mol. The maximum atomic E-state index is 12.2. The molecule has 2 heterocycles. The highest BCUT2D eigenvalue weighted by atomic mass is 16.5. The van der Waals surface area contributed by atoms with Crippen molar-refractivity contribution in [2.24, 2.45) is 0 Å². The number of para-hydroxylation sites is 1. The van der Waals surface area contributed by atoms with Crippen LogP contribution in [0, 0.1) is 0 Å². The first-order chi connectivity index (χ1) is 11.5. The third-order valence-electron chi connectivity index (χ3n) is 4.74. The van der Waals surface area contributed by atoms with Crippen LogP contribution in [0.3, 0.4) is 0 Å². The molecule has 0 bridgehead atoms. The lowest BCUT2D eigenvalue weighted by molar-refractivity contribution is -0.130. The summed E-state index contributed by atoms with van der Waals surface area (Å²) in [5, 5.41) is 2.72. The van der Waals surface area contributed by atoms with Gasteiger partial charge in [-0.2, -0.15) is 0 Å². The number of urea groups is 1. The standard InChI is InChI=1S/C18H25N3O3/c1-18(2)16(22)21(17(23)19-18)12-11-20-10-6-7-14(20)13-24-15-8-4-3-5-9-15/h3-5,8-9,14H,6-7,10-13H2,1-2H3,(H,19,23)/t14-/m1/s1. The molecule has 6 nitrogen and oxygen atoms in total. The minimum atomic E-state index is -0.794. The third-order valence-corrected chi connectivity index (χ3v) is 4.74. The molecular formula is C18H25N3O3. The Hall–Kier alpha value is -2.08. The van der Waals surface area contributed by atoms with Gasteiger partial charge >= 0.3 is 6.03 Å². The molecule has 0 unspecified atom stereocenters. The molecule has 2 aliphatic heterocycles. The fraction of sp³-hybridized carbons (Fsp3) is 0.556. The van der Waals surface area contributed by atoms with E-state index >= 15 is 0 Å². The van der Waals surface area contributed by atoms with Crippen molar-refractivity contribution in [2.75, 3.05) is 26.2 Å². The lowest BCUT2D eigenvalue weighted by atomic mass is 10.1. The number of ether oxygens (including phenoxy) is 1. The minimum Gasteiger partial charge on any atom is -0.492 e. The first-order valence-electron chi connectivity index (χ1n) is 8.53. The molecule has 2 fully saturated rings. The van der Waals surface area contributed by atoms with Crippen LogP contribution in [-0.4, -0.2) is 59.6 Å². The molecule has 1 aromatic carbocycles. The van der Waals surface area contributed by atoms with E-state index in [2.05, 4.69) is 10.2 Å². The van der Waals surface area contributed by atoms with Gasteiger partial charge in [0.05, 0.1) is 0 Å². The molecule has 3 rings (SSSR count). The zero-order valence-corrected chi connectivity index (χ0v) is 14.3. The van der Waals surface area contributed by atoms with E-state index in [1.807, 2.05) is 30.3 Å². The van der Waals surface area contributed by atoms with E-state index in [0.29, 0.717) is 25.7 Å². The lowest BCUT2D eigenvalue weighted by Crippen LogP contribution is -2.43. The topological polar surface area (TPSA) is 61.9 Å². The molecule has 6 heteroatoms. The van der Waals surface area contributed by atoms with Crippen LogP contribution < -0.4 is 10.1 Å². The molecule has 2 aliphatic rings. The normalized spacial score (nSPS) is 23.6. The summed E-state index contributed by atoms with van der Waals surface area (Å²) in [5.74, 6) is 0.726. The lowest BCUT2D eigenvalue weighted by Gasteiger charge is -2.26. The second-order valence-corrected chi connectivity index (χ2v) is 6.97. The summed E-state index contributed by atoms with van der Waals surface area (Å²) >= 11 is 0. The first kappa shape index (κ1) is 16.8. The maximum absolute atomic E-state index is 12.2. The van der Waals surface area contributed by atoms with Gasteiger partial charge in [0.15, 0.2) is 0 Å². The molecule has 0 spiro atoms. The van der Waals surface area contributed by atoms with Crippen molar-refractivity contribution in [2.45, 2.75) is 38.3 Å². The number of carbonyl (C=O) groups excluding carboxylic acids is 2. The van der Waals surface area contributed by atoms with Gasteiger partial charge < -0.3 is 10.1 Å². The van der Waals surface area contributed by atoms with Crippen molar-refractivity contribution in [3.8, 4) is 5.75 Å². The van der Waals surface area contributed by atoms with Crippen molar-refractivity contribution in [3.63, 3.8) is 0 Å². The number of rotatable bonds is 6. The Morgan fingerprint density at radius 2 is 1.96 bits per heavy atom. The van der Waals surface area contributed by atoms with Gasteiger partial charge in [-0.1, -0.05) is 18.2 Å². The number of imide groups is 1. The average Bonchev–Trinajstić information content (AvgIpc) is 3.07. The van der Waals surface area contributed by atoms with Crippen LogP contribution in [0.4, 0.5) is 4.79 Å². The molecule has 0 saturated carbocycles. The van der Waals surface area contributed by atoms with Gasteiger partial charge in [-0.3, -0.25) is 14.6 Å². The predicted octanol–water partition coefficient (Wildman–Crippen LogP) is 1.86. The van der Waals surface area contributed by atoms with E-state index in [1.165, 1.54) is 4.90 Å². The number of amides is 3. The average molecular weight is 331 g/mol. The number of hydrogen-bond donors (Lipinski definition) is 1. The van der Waals surface area contributed by atoms with Gasteiger partial charge in [0.2, 0.25) is 0 Å². The highest BCUT2D eigenvalue weighted by molar-refractivity contribution is 6.06. The summed E-state index contributed by atoms with van der Waals surface area (Å²) in [7, 11) is 0. The Bertz CT molecular complexity index is 603. The third kappa shape index (κ3) is 3.53. The molecule has 0 aromatic heterocycles. The van der Waals surface area contributed by atoms with E-state index in [9.17, 15) is 9.59 Å². The summed E-state index contributed by atoms with van der Waals surface area (Å²) in [4.78, 5) is 27.8. The Balaban J connectivity index is 1.51. The fourth-order valence-corrected chi connectivity index (χ4v) is 3.34. The maximum Gasteiger partial charge on any atom is 0.325 e. The highest BCUT2D eigenvalue weighted by Gasteiger charge is 2.44. The summed E-state index contributed by atoms with van der Waals surface area (Å²) in [6.45, 7) is 6.21. The van der Waals surface area contributed by atoms with Crippen LogP contribution in [0.5, 0.6) is 5.75 Å². The van der Waals surface area contributed by atoms with Crippen molar-refractivity contribution in [1.82, 2.24) is 15.1 Å².